The second kappa shape index (κ2) is 13.0. The van der Waals surface area contributed by atoms with Crippen LogP contribution in [0.15, 0.2) is 90.0 Å². The van der Waals surface area contributed by atoms with Gasteiger partial charge in [0.05, 0.1) is 33.8 Å². The normalized spacial score (nSPS) is 18.1. The third kappa shape index (κ3) is 6.49. The Balaban J connectivity index is 1.19. The van der Waals surface area contributed by atoms with Crippen molar-refractivity contribution >= 4 is 15.7 Å². The zero-order chi connectivity index (χ0) is 30.7. The minimum absolute atomic E-state index is 0.00679. The molecule has 0 N–H and O–H groups in total. The van der Waals surface area contributed by atoms with E-state index in [1.54, 1.807) is 30.5 Å². The molecule has 6 rings (SSSR count). The summed E-state index contributed by atoms with van der Waals surface area (Å²) in [6.45, 7) is 5.66. The van der Waals surface area contributed by atoms with Gasteiger partial charge in [0.1, 0.15) is 5.82 Å². The lowest BCUT2D eigenvalue weighted by Crippen LogP contribution is -2.34. The second-order valence-corrected chi connectivity index (χ2v) is 14.1. The standard InChI is InChI=1S/C35H39FN4O3S/c1-2-22-44(42,43)32-14-8-26(9-15-32)24-38-19-16-28(17-20-38)34-33(23-37-40(34)31-12-10-30(36)11-13-31)35(41)39-21-18-29(25-39)27-6-4-3-5-7-27/h3-15,23,28-29H,2,16-22,24-25H2,1H3/t29-/m0/s1. The van der Waals surface area contributed by atoms with Gasteiger partial charge in [-0.3, -0.25) is 9.69 Å². The number of carbonyl (C=O) groups excluding carboxylic acids is 1. The molecular weight excluding hydrogens is 575 g/mol. The van der Waals surface area contributed by atoms with Crippen molar-refractivity contribution in [2.45, 2.75) is 55.9 Å². The van der Waals surface area contributed by atoms with E-state index >= 15 is 0 Å². The van der Waals surface area contributed by atoms with E-state index in [4.69, 9.17) is 0 Å². The maximum absolute atomic E-state index is 14.0. The number of piperidine rings is 1. The number of hydrogen-bond donors (Lipinski definition) is 0. The van der Waals surface area contributed by atoms with Gasteiger partial charge in [0.2, 0.25) is 0 Å². The Morgan fingerprint density at radius 3 is 2.25 bits per heavy atom. The van der Waals surface area contributed by atoms with Crippen LogP contribution >= 0.6 is 0 Å². The summed E-state index contributed by atoms with van der Waals surface area (Å²) in [6, 6.07) is 23.9. The van der Waals surface area contributed by atoms with E-state index in [9.17, 15) is 17.6 Å². The van der Waals surface area contributed by atoms with E-state index in [1.807, 2.05) is 46.8 Å². The molecule has 9 heteroatoms. The Morgan fingerprint density at radius 2 is 1.57 bits per heavy atom. The summed E-state index contributed by atoms with van der Waals surface area (Å²) in [5, 5.41) is 4.67. The summed E-state index contributed by atoms with van der Waals surface area (Å²) < 4.78 is 40.4. The van der Waals surface area contributed by atoms with Crippen LogP contribution in [0.5, 0.6) is 0 Å². The lowest BCUT2D eigenvalue weighted by atomic mass is 9.90. The predicted molar refractivity (Wildman–Crippen MR) is 169 cm³/mol. The Hall–Kier alpha value is -3.82. The highest BCUT2D eigenvalue weighted by atomic mass is 32.2. The Bertz CT molecular complexity index is 1680. The van der Waals surface area contributed by atoms with Crippen LogP contribution in [-0.4, -0.2) is 65.8 Å². The van der Waals surface area contributed by atoms with Crippen molar-refractivity contribution in [3.8, 4) is 5.69 Å². The number of hydrogen-bond acceptors (Lipinski definition) is 5. The van der Waals surface area contributed by atoms with Crippen LogP contribution in [0.25, 0.3) is 5.69 Å². The van der Waals surface area contributed by atoms with E-state index < -0.39 is 9.84 Å². The van der Waals surface area contributed by atoms with Crippen LogP contribution in [0.3, 0.4) is 0 Å². The minimum Gasteiger partial charge on any atom is -0.338 e. The lowest BCUT2D eigenvalue weighted by molar-refractivity contribution is 0.0788. The SMILES string of the molecule is CCCS(=O)(=O)c1ccc(CN2CCC(c3c(C(=O)N4CC[C@H](c5ccccc5)C4)cnn3-c3ccc(F)cc3)CC2)cc1. The number of aromatic nitrogens is 2. The van der Waals surface area contributed by atoms with Gasteiger partial charge < -0.3 is 4.90 Å². The monoisotopic (exact) mass is 614 g/mol. The quantitative estimate of drug-likeness (QED) is 0.224. The fourth-order valence-corrected chi connectivity index (χ4v) is 7.95. The molecule has 3 aromatic carbocycles. The predicted octanol–water partition coefficient (Wildman–Crippen LogP) is 6.20. The zero-order valence-corrected chi connectivity index (χ0v) is 25.9. The summed E-state index contributed by atoms with van der Waals surface area (Å²) >= 11 is 0. The largest absolute Gasteiger partial charge is 0.338 e. The van der Waals surface area contributed by atoms with E-state index in [0.717, 1.165) is 55.8 Å². The van der Waals surface area contributed by atoms with Crippen LogP contribution in [0, 0.1) is 5.82 Å². The molecule has 230 valence electrons. The van der Waals surface area contributed by atoms with Crippen molar-refractivity contribution in [3.05, 3.63) is 113 Å². The van der Waals surface area contributed by atoms with Gasteiger partial charge in [-0.2, -0.15) is 5.10 Å². The van der Waals surface area contributed by atoms with E-state index in [2.05, 4.69) is 22.1 Å². The molecular formula is C35H39FN4O3S. The fraction of sp³-hybridized carbons (Fsp3) is 0.371. The Kier molecular flexibility index (Phi) is 8.96. The summed E-state index contributed by atoms with van der Waals surface area (Å²) in [6.07, 6.45) is 4.92. The number of nitrogens with zero attached hydrogens (tertiary/aromatic N) is 4. The molecule has 0 spiro atoms. The van der Waals surface area contributed by atoms with Gasteiger partial charge in [0, 0.05) is 31.5 Å². The topological polar surface area (TPSA) is 75.5 Å². The van der Waals surface area contributed by atoms with Crippen molar-refractivity contribution in [2.24, 2.45) is 0 Å². The Labute approximate surface area is 259 Å². The highest BCUT2D eigenvalue weighted by molar-refractivity contribution is 7.91. The number of rotatable bonds is 9. The molecule has 0 unspecified atom stereocenters. The number of carbonyl (C=O) groups is 1. The summed E-state index contributed by atoms with van der Waals surface area (Å²) in [5.74, 6) is 0.288. The van der Waals surface area contributed by atoms with Crippen molar-refractivity contribution in [1.82, 2.24) is 19.6 Å². The molecule has 2 aliphatic heterocycles. The third-order valence-electron chi connectivity index (χ3n) is 8.99. The average molecular weight is 615 g/mol. The molecule has 2 aliphatic rings. The molecule has 0 aliphatic carbocycles. The number of likely N-dealkylation sites (tertiary alicyclic amines) is 2. The van der Waals surface area contributed by atoms with E-state index in [0.29, 0.717) is 35.9 Å². The van der Waals surface area contributed by atoms with Gasteiger partial charge in [-0.1, -0.05) is 49.4 Å². The number of amides is 1. The molecule has 0 radical (unpaired) electrons. The molecule has 2 fully saturated rings. The minimum atomic E-state index is -3.23. The van der Waals surface area contributed by atoms with Gasteiger partial charge in [-0.15, -0.1) is 0 Å². The maximum atomic E-state index is 14.0. The van der Waals surface area contributed by atoms with Crippen LogP contribution in [0.4, 0.5) is 4.39 Å². The number of sulfone groups is 1. The maximum Gasteiger partial charge on any atom is 0.257 e. The highest BCUT2D eigenvalue weighted by Gasteiger charge is 2.34. The summed E-state index contributed by atoms with van der Waals surface area (Å²) in [4.78, 5) is 18.7. The molecule has 0 saturated carbocycles. The van der Waals surface area contributed by atoms with E-state index in [-0.39, 0.29) is 23.4 Å². The van der Waals surface area contributed by atoms with Crippen LogP contribution in [-0.2, 0) is 16.4 Å². The first kappa shape index (κ1) is 30.2. The second-order valence-electron chi connectivity index (χ2n) is 12.0. The molecule has 44 heavy (non-hydrogen) atoms. The number of halogens is 1. The first-order valence-corrected chi connectivity index (χ1v) is 17.2. The Morgan fingerprint density at radius 1 is 0.886 bits per heavy atom. The molecule has 1 aromatic heterocycles. The van der Waals surface area contributed by atoms with Crippen molar-refractivity contribution in [3.63, 3.8) is 0 Å². The van der Waals surface area contributed by atoms with Gasteiger partial charge >= 0.3 is 0 Å². The smallest absolute Gasteiger partial charge is 0.257 e. The molecule has 1 atom stereocenters. The van der Waals surface area contributed by atoms with Gasteiger partial charge in [-0.25, -0.2) is 17.5 Å². The van der Waals surface area contributed by atoms with Crippen LogP contribution in [0.1, 0.15) is 71.6 Å². The third-order valence-corrected chi connectivity index (χ3v) is 10.9. The van der Waals surface area contributed by atoms with Gasteiger partial charge in [-0.05, 0) is 86.3 Å². The molecule has 7 nitrogen and oxygen atoms in total. The van der Waals surface area contributed by atoms with Crippen molar-refractivity contribution < 1.29 is 17.6 Å². The first-order chi connectivity index (χ1) is 21.3. The molecule has 1 amide bonds. The van der Waals surface area contributed by atoms with Gasteiger partial charge in [0.25, 0.3) is 5.91 Å². The highest BCUT2D eigenvalue weighted by Crippen LogP contribution is 2.35. The first-order valence-electron chi connectivity index (χ1n) is 15.5. The molecule has 3 heterocycles. The average Bonchev–Trinajstić information content (AvgIpc) is 3.71. The van der Waals surface area contributed by atoms with Crippen molar-refractivity contribution in [2.75, 3.05) is 31.9 Å². The van der Waals surface area contributed by atoms with Crippen LogP contribution in [0.2, 0.25) is 0 Å². The summed E-state index contributed by atoms with van der Waals surface area (Å²) in [5.41, 5.74) is 4.60. The lowest BCUT2D eigenvalue weighted by Gasteiger charge is -2.33. The molecule has 2 saturated heterocycles. The number of benzene rings is 3. The zero-order valence-electron chi connectivity index (χ0n) is 25.1. The summed E-state index contributed by atoms with van der Waals surface area (Å²) in [7, 11) is -3.23. The van der Waals surface area contributed by atoms with E-state index in [1.165, 1.54) is 17.7 Å². The van der Waals surface area contributed by atoms with Gasteiger partial charge in [0.15, 0.2) is 9.84 Å². The van der Waals surface area contributed by atoms with Crippen LogP contribution < -0.4 is 0 Å². The van der Waals surface area contributed by atoms with Crippen molar-refractivity contribution in [1.29, 1.82) is 0 Å². The fourth-order valence-electron chi connectivity index (χ4n) is 6.63. The molecule has 0 bridgehead atoms. The molecule has 4 aromatic rings.